The van der Waals surface area contributed by atoms with Crippen LogP contribution in [0.3, 0.4) is 0 Å². The number of hydrogen-bond acceptors (Lipinski definition) is 8. The van der Waals surface area contributed by atoms with Crippen molar-refractivity contribution in [3.05, 3.63) is 67.4 Å². The van der Waals surface area contributed by atoms with Crippen LogP contribution in [0.5, 0.6) is 0 Å². The van der Waals surface area contributed by atoms with E-state index in [1.807, 2.05) is 33.0 Å². The van der Waals surface area contributed by atoms with Crippen LogP contribution in [0.2, 0.25) is 0 Å². The zero-order chi connectivity index (χ0) is 26.1. The van der Waals surface area contributed by atoms with Gasteiger partial charge in [-0.05, 0) is 99.4 Å². The molecule has 4 aromatic rings. The molecule has 0 radical (unpaired) electrons. The first-order valence-electron chi connectivity index (χ1n) is 12.6. The van der Waals surface area contributed by atoms with E-state index in [0.717, 1.165) is 51.7 Å². The second-order valence-corrected chi connectivity index (χ2v) is 11.0. The third-order valence-corrected chi connectivity index (χ3v) is 7.86. The van der Waals surface area contributed by atoms with E-state index in [1.54, 1.807) is 0 Å². The number of piperidine rings is 1. The van der Waals surface area contributed by atoms with Crippen molar-refractivity contribution in [3.8, 4) is 0 Å². The van der Waals surface area contributed by atoms with Gasteiger partial charge in [-0.1, -0.05) is 17.6 Å². The van der Waals surface area contributed by atoms with Crippen LogP contribution in [0, 0.1) is 38.2 Å². The van der Waals surface area contributed by atoms with Crippen molar-refractivity contribution in [2.24, 2.45) is 0 Å². The van der Waals surface area contributed by atoms with Gasteiger partial charge in [0.2, 0.25) is 5.95 Å². The Morgan fingerprint density at radius 1 is 1.08 bits per heavy atom. The predicted molar refractivity (Wildman–Crippen MR) is 154 cm³/mol. The van der Waals surface area contributed by atoms with Crippen molar-refractivity contribution in [1.82, 2.24) is 30.2 Å². The minimum absolute atomic E-state index is 0.373. The quantitative estimate of drug-likeness (QED) is 0.202. The molecule has 9 nitrogen and oxygen atoms in total. The first kappa shape index (κ1) is 25.7. The molecule has 3 aromatic heterocycles. The van der Waals surface area contributed by atoms with Crippen molar-refractivity contribution in [1.29, 1.82) is 0 Å². The van der Waals surface area contributed by atoms with E-state index in [4.69, 9.17) is 9.51 Å². The number of nitrogens with zero attached hydrogens (tertiary/aromatic N) is 5. The van der Waals surface area contributed by atoms with E-state index >= 15 is 0 Å². The molecule has 0 saturated carbocycles. The number of aromatic nitrogens is 5. The lowest BCUT2D eigenvalue weighted by molar-refractivity contribution is 0.139. The van der Waals surface area contributed by atoms with Crippen LogP contribution in [-0.4, -0.2) is 36.8 Å². The molecule has 37 heavy (non-hydrogen) atoms. The molecular weight excluding hydrogens is 579 g/mol. The van der Waals surface area contributed by atoms with E-state index in [1.165, 1.54) is 35.1 Å². The highest BCUT2D eigenvalue weighted by atomic mass is 127. The van der Waals surface area contributed by atoms with Gasteiger partial charge in [0, 0.05) is 41.8 Å². The molecule has 1 aromatic carbocycles. The topological polar surface area (TPSA) is 108 Å². The van der Waals surface area contributed by atoms with Gasteiger partial charge in [0.25, 0.3) is 0 Å². The lowest BCUT2D eigenvalue weighted by Crippen LogP contribution is -2.33. The van der Waals surface area contributed by atoms with E-state index in [9.17, 15) is 0 Å². The van der Waals surface area contributed by atoms with Gasteiger partial charge in [-0.3, -0.25) is 10.00 Å². The Balaban J connectivity index is 1.37. The van der Waals surface area contributed by atoms with Crippen LogP contribution < -0.4 is 10.6 Å². The molecular formula is C27H33IN8O. The standard InChI is InChI=1S/C27H33IN8O/c1-15-11-23(30-27-29-13-22(28)26(32-27)31-25-12-17(3)33-34-25)16(2)10-20(15)24-8-6-7-9-36(24)14-21-18(4)35-37-19(21)5/h10-13,24H,6-9,14H2,1-5H3,(H3,29,30,31,32,33,34). The number of likely N-dealkylation sites (tertiary alicyclic amines) is 1. The molecule has 0 amide bonds. The highest BCUT2D eigenvalue weighted by molar-refractivity contribution is 14.1. The lowest BCUT2D eigenvalue weighted by Gasteiger charge is -2.37. The number of aromatic amines is 1. The van der Waals surface area contributed by atoms with Crippen LogP contribution in [0.15, 0.2) is 28.9 Å². The number of hydrogen-bond donors (Lipinski definition) is 3. The van der Waals surface area contributed by atoms with Gasteiger partial charge in [-0.15, -0.1) is 0 Å². The second-order valence-electron chi connectivity index (χ2n) is 9.88. The highest BCUT2D eigenvalue weighted by Gasteiger charge is 2.27. The van der Waals surface area contributed by atoms with Gasteiger partial charge < -0.3 is 15.2 Å². The maximum atomic E-state index is 5.44. The summed E-state index contributed by atoms with van der Waals surface area (Å²) in [6, 6.07) is 6.86. The van der Waals surface area contributed by atoms with E-state index in [0.29, 0.717) is 17.8 Å². The summed E-state index contributed by atoms with van der Waals surface area (Å²) in [5, 5.41) is 18.1. The van der Waals surface area contributed by atoms with Crippen molar-refractivity contribution in [2.75, 3.05) is 17.2 Å². The van der Waals surface area contributed by atoms with Crippen molar-refractivity contribution in [2.45, 2.75) is 66.5 Å². The Kier molecular flexibility index (Phi) is 7.47. The maximum Gasteiger partial charge on any atom is 0.229 e. The van der Waals surface area contributed by atoms with Crippen LogP contribution in [0.25, 0.3) is 0 Å². The largest absolute Gasteiger partial charge is 0.361 e. The molecule has 0 spiro atoms. The molecule has 1 aliphatic rings. The molecule has 1 fully saturated rings. The molecule has 0 aliphatic carbocycles. The minimum atomic E-state index is 0.373. The molecule has 5 rings (SSSR count). The number of halogens is 1. The molecule has 1 unspecified atom stereocenters. The van der Waals surface area contributed by atoms with Crippen molar-refractivity contribution < 1.29 is 4.52 Å². The van der Waals surface area contributed by atoms with Gasteiger partial charge in [-0.25, -0.2) is 4.98 Å². The minimum Gasteiger partial charge on any atom is -0.361 e. The molecule has 0 bridgehead atoms. The zero-order valence-electron chi connectivity index (χ0n) is 21.9. The summed E-state index contributed by atoms with van der Waals surface area (Å²) in [5.74, 6) is 2.91. The van der Waals surface area contributed by atoms with Crippen molar-refractivity contribution >= 4 is 45.9 Å². The molecule has 194 valence electrons. The Bertz CT molecular complexity index is 1390. The summed E-state index contributed by atoms with van der Waals surface area (Å²) in [7, 11) is 0. The van der Waals surface area contributed by atoms with E-state index < -0.39 is 0 Å². The lowest BCUT2D eigenvalue weighted by atomic mass is 9.90. The average molecular weight is 613 g/mol. The number of rotatable bonds is 7. The summed E-state index contributed by atoms with van der Waals surface area (Å²) in [5.41, 5.74) is 8.02. The monoisotopic (exact) mass is 612 g/mol. The Labute approximate surface area is 231 Å². The summed E-state index contributed by atoms with van der Waals surface area (Å²) >= 11 is 2.23. The fourth-order valence-corrected chi connectivity index (χ4v) is 5.43. The van der Waals surface area contributed by atoms with Gasteiger partial charge in [0.1, 0.15) is 5.76 Å². The van der Waals surface area contributed by atoms with Gasteiger partial charge in [0.15, 0.2) is 11.6 Å². The fraction of sp³-hybridized carbons (Fsp3) is 0.407. The number of H-pyrrole nitrogens is 1. The van der Waals surface area contributed by atoms with Gasteiger partial charge in [-0.2, -0.15) is 10.1 Å². The summed E-state index contributed by atoms with van der Waals surface area (Å²) in [6.07, 6.45) is 5.42. The smallest absolute Gasteiger partial charge is 0.229 e. The fourth-order valence-electron chi connectivity index (χ4n) is 5.03. The molecule has 10 heteroatoms. The number of nitrogens with one attached hydrogen (secondary N) is 3. The first-order chi connectivity index (χ1) is 17.8. The second kappa shape index (κ2) is 10.8. The van der Waals surface area contributed by atoms with Gasteiger partial charge in [0.05, 0.1) is 9.26 Å². The Morgan fingerprint density at radius 2 is 1.92 bits per heavy atom. The molecule has 3 N–H and O–H groups in total. The molecule has 1 atom stereocenters. The van der Waals surface area contributed by atoms with Crippen LogP contribution in [0.1, 0.15) is 64.7 Å². The van der Waals surface area contributed by atoms with E-state index in [2.05, 4.69) is 84.4 Å². The van der Waals surface area contributed by atoms with Crippen LogP contribution in [0.4, 0.5) is 23.3 Å². The maximum absolute atomic E-state index is 5.44. The predicted octanol–water partition coefficient (Wildman–Crippen LogP) is 6.55. The summed E-state index contributed by atoms with van der Waals surface area (Å²) < 4.78 is 6.36. The number of benzene rings is 1. The van der Waals surface area contributed by atoms with E-state index in [-0.39, 0.29) is 0 Å². The molecule has 1 aliphatic heterocycles. The van der Waals surface area contributed by atoms with Crippen LogP contribution in [-0.2, 0) is 6.54 Å². The Morgan fingerprint density at radius 3 is 2.65 bits per heavy atom. The zero-order valence-corrected chi connectivity index (χ0v) is 24.1. The first-order valence-corrected chi connectivity index (χ1v) is 13.7. The third-order valence-electron chi connectivity index (χ3n) is 7.07. The number of aryl methyl sites for hydroxylation is 5. The van der Waals surface area contributed by atoms with Crippen LogP contribution >= 0.6 is 22.6 Å². The summed E-state index contributed by atoms with van der Waals surface area (Å²) in [6.45, 7) is 12.3. The SMILES string of the molecule is Cc1cc(Nc2nc(Nc3cc(C)c(C4CCCCN4Cc4c(C)noc4C)cc3C)ncc2I)n[nH]1. The Hall–Kier alpha value is -2.99. The third kappa shape index (κ3) is 5.64. The average Bonchev–Trinajstić information content (AvgIpc) is 3.43. The highest BCUT2D eigenvalue weighted by Crippen LogP contribution is 2.37. The normalized spacial score (nSPS) is 16.2. The van der Waals surface area contributed by atoms with Gasteiger partial charge >= 0.3 is 0 Å². The molecule has 4 heterocycles. The summed E-state index contributed by atoms with van der Waals surface area (Å²) in [4.78, 5) is 11.8. The molecule has 1 saturated heterocycles. The van der Waals surface area contributed by atoms with Crippen molar-refractivity contribution in [3.63, 3.8) is 0 Å². The number of anilines is 4.